The first-order valence-electron chi connectivity index (χ1n) is 12.7. The van der Waals surface area contributed by atoms with Crippen LogP contribution in [0.5, 0.6) is 6.01 Å². The Morgan fingerprint density at radius 2 is 1.64 bits per heavy atom. The highest BCUT2D eigenvalue weighted by atomic mass is 35.5. The first-order chi connectivity index (χ1) is 20.7. The summed E-state index contributed by atoms with van der Waals surface area (Å²) >= 11 is 5.98. The number of primary amides is 1. The molecular formula is C26H24ClF3N8O6. The summed E-state index contributed by atoms with van der Waals surface area (Å²) in [5, 5.41) is 20.0. The number of halogens is 4. The number of rotatable bonds is 12. The average Bonchev–Trinajstić information content (AvgIpc) is 3.74. The molecule has 0 unspecified atom stereocenters. The van der Waals surface area contributed by atoms with Gasteiger partial charge in [0, 0.05) is 22.8 Å². The summed E-state index contributed by atoms with van der Waals surface area (Å²) in [5.41, 5.74) is 5.45. The zero-order valence-corrected chi connectivity index (χ0v) is 23.2. The van der Waals surface area contributed by atoms with Gasteiger partial charge in [0.1, 0.15) is 6.04 Å². The number of ether oxygens (including phenoxy) is 1. The summed E-state index contributed by atoms with van der Waals surface area (Å²) in [4.78, 5) is 58.3. The molecule has 3 aromatic rings. The molecule has 0 aliphatic heterocycles. The van der Waals surface area contributed by atoms with Crippen molar-refractivity contribution in [2.75, 3.05) is 23.8 Å². The number of nitrogens with one attached hydrogen (secondary N) is 4. The minimum atomic E-state index is -4.64. The third kappa shape index (κ3) is 8.66. The summed E-state index contributed by atoms with van der Waals surface area (Å²) in [6.45, 7) is -2.23. The lowest BCUT2D eigenvalue weighted by Crippen LogP contribution is -2.50. The smallest absolute Gasteiger partial charge is 0.422 e. The molecule has 0 bridgehead atoms. The molecule has 0 saturated heterocycles. The van der Waals surface area contributed by atoms with Gasteiger partial charge in [0.2, 0.25) is 11.9 Å². The molecule has 3 amide bonds. The van der Waals surface area contributed by atoms with Gasteiger partial charge in [-0.05, 0) is 54.8 Å². The van der Waals surface area contributed by atoms with Crippen molar-refractivity contribution < 1.29 is 42.2 Å². The normalized spacial score (nSPS) is 14.1. The van der Waals surface area contributed by atoms with Crippen LogP contribution < -0.4 is 31.7 Å². The molecule has 18 heteroatoms. The first-order valence-corrected chi connectivity index (χ1v) is 13.1. The van der Waals surface area contributed by atoms with Gasteiger partial charge in [-0.3, -0.25) is 14.4 Å². The van der Waals surface area contributed by atoms with E-state index in [9.17, 15) is 37.5 Å². The number of carboxylic acid groups (broad SMARTS) is 1. The number of hydrogen-bond acceptors (Lipinski definition) is 10. The van der Waals surface area contributed by atoms with Crippen LogP contribution in [0.25, 0.3) is 0 Å². The van der Waals surface area contributed by atoms with E-state index in [1.165, 1.54) is 24.3 Å². The van der Waals surface area contributed by atoms with E-state index in [1.54, 1.807) is 12.1 Å². The Morgan fingerprint density at radius 1 is 1.00 bits per heavy atom. The number of aromatic nitrogens is 3. The summed E-state index contributed by atoms with van der Waals surface area (Å²) in [6.07, 6.45) is -3.24. The highest BCUT2D eigenvalue weighted by molar-refractivity contribution is 6.34. The number of carboxylic acids is 1. The van der Waals surface area contributed by atoms with Crippen molar-refractivity contribution in [3.05, 3.63) is 64.7 Å². The third-order valence-electron chi connectivity index (χ3n) is 6.17. The standard InChI is InChI=1S/C26H24ClF3N8O6/c27-15-5-3-14(4-6-15)25(9-10-25)38-23-35-22(36-24(37-23)44-12-26(28,29)30)33-16-7-1-13(2-8-16)19(40)34-17(21(42)43)11-32-20(41)18(31)39/h1-8,17H,9-12H2,(H2,31,39)(H,32,41)(H,34,40)(H,42,43)(H2,33,35,36,37,38)/t17-/m0/s1. The van der Waals surface area contributed by atoms with Gasteiger partial charge in [0.25, 0.3) is 5.91 Å². The largest absolute Gasteiger partial charge is 0.480 e. The number of carbonyl (C=O) groups is 4. The van der Waals surface area contributed by atoms with Crippen LogP contribution >= 0.6 is 11.6 Å². The van der Waals surface area contributed by atoms with Crippen LogP contribution in [0.1, 0.15) is 28.8 Å². The predicted octanol–water partition coefficient (Wildman–Crippen LogP) is 2.10. The first kappa shape index (κ1) is 31.7. The van der Waals surface area contributed by atoms with Gasteiger partial charge in [0.05, 0.1) is 5.54 Å². The molecule has 0 radical (unpaired) electrons. The lowest BCUT2D eigenvalue weighted by atomic mass is 10.1. The fourth-order valence-electron chi connectivity index (χ4n) is 3.83. The van der Waals surface area contributed by atoms with E-state index in [2.05, 4.69) is 30.9 Å². The van der Waals surface area contributed by atoms with E-state index in [1.807, 2.05) is 17.4 Å². The van der Waals surface area contributed by atoms with E-state index >= 15 is 0 Å². The third-order valence-corrected chi connectivity index (χ3v) is 6.43. The highest BCUT2D eigenvalue weighted by Gasteiger charge is 2.45. The topological polar surface area (TPSA) is 211 Å². The SMILES string of the molecule is NC(=O)C(=O)NC[C@H](NC(=O)c1ccc(Nc2nc(NC3(c4ccc(Cl)cc4)CC3)nc(OCC(F)(F)F)n2)cc1)C(=O)O. The number of hydrogen-bond donors (Lipinski definition) is 6. The van der Waals surface area contributed by atoms with Crippen LogP contribution in [0, 0.1) is 0 Å². The second kappa shape index (κ2) is 13.0. The molecular weight excluding hydrogens is 613 g/mol. The van der Waals surface area contributed by atoms with Crippen molar-refractivity contribution >= 4 is 52.9 Å². The number of nitrogens with two attached hydrogens (primary N) is 1. The number of alkyl halides is 3. The molecule has 44 heavy (non-hydrogen) atoms. The Bertz CT molecular complexity index is 1550. The monoisotopic (exact) mass is 636 g/mol. The second-order valence-electron chi connectivity index (χ2n) is 9.52. The maximum absolute atomic E-state index is 12.8. The van der Waals surface area contributed by atoms with Crippen LogP contribution in [0.2, 0.25) is 5.02 Å². The van der Waals surface area contributed by atoms with E-state index in [-0.39, 0.29) is 17.5 Å². The maximum Gasteiger partial charge on any atom is 0.422 e. The van der Waals surface area contributed by atoms with Crippen LogP contribution in [0.3, 0.4) is 0 Å². The van der Waals surface area contributed by atoms with Gasteiger partial charge in [-0.25, -0.2) is 4.79 Å². The number of benzene rings is 2. The molecule has 4 rings (SSSR count). The van der Waals surface area contributed by atoms with Crippen molar-refractivity contribution in [3.63, 3.8) is 0 Å². The van der Waals surface area contributed by atoms with Gasteiger partial charge in [-0.15, -0.1) is 0 Å². The summed E-state index contributed by atoms with van der Waals surface area (Å²) < 4.78 is 43.2. The van der Waals surface area contributed by atoms with Crippen molar-refractivity contribution in [3.8, 4) is 6.01 Å². The molecule has 1 aliphatic carbocycles. The molecule has 1 atom stereocenters. The van der Waals surface area contributed by atoms with Crippen LogP contribution in [-0.2, 0) is 19.9 Å². The number of amides is 3. The average molecular weight is 637 g/mol. The Kier molecular flexibility index (Phi) is 9.37. The van der Waals surface area contributed by atoms with E-state index in [4.69, 9.17) is 22.1 Å². The number of aliphatic carboxylic acids is 1. The van der Waals surface area contributed by atoms with E-state index in [0.717, 1.165) is 5.56 Å². The summed E-state index contributed by atoms with van der Waals surface area (Å²) in [5.74, 6) is -5.05. The van der Waals surface area contributed by atoms with Gasteiger partial charge in [0.15, 0.2) is 6.61 Å². The Hall–Kier alpha value is -5.19. The van der Waals surface area contributed by atoms with Crippen molar-refractivity contribution in [1.29, 1.82) is 0 Å². The van der Waals surface area contributed by atoms with Crippen LogP contribution in [0.4, 0.5) is 30.8 Å². The van der Waals surface area contributed by atoms with Gasteiger partial charge >= 0.3 is 30.0 Å². The maximum atomic E-state index is 12.8. The number of anilines is 3. The molecule has 1 heterocycles. The summed E-state index contributed by atoms with van der Waals surface area (Å²) in [6, 6.07) is 10.3. The molecule has 7 N–H and O–H groups in total. The Labute approximate surface area is 251 Å². The molecule has 1 aliphatic rings. The van der Waals surface area contributed by atoms with Crippen molar-refractivity contribution in [2.45, 2.75) is 30.6 Å². The molecule has 1 fully saturated rings. The van der Waals surface area contributed by atoms with Crippen LogP contribution in [-0.4, -0.2) is 69.1 Å². The lowest BCUT2D eigenvalue weighted by molar-refractivity contribution is -0.154. The highest BCUT2D eigenvalue weighted by Crippen LogP contribution is 2.48. The Balaban J connectivity index is 1.48. The number of nitrogens with zero attached hydrogens (tertiary/aromatic N) is 3. The zero-order valence-electron chi connectivity index (χ0n) is 22.4. The lowest BCUT2D eigenvalue weighted by Gasteiger charge is -2.19. The minimum absolute atomic E-state index is 0.0221. The van der Waals surface area contributed by atoms with Gasteiger partial charge < -0.3 is 36.8 Å². The van der Waals surface area contributed by atoms with Gasteiger partial charge in [-0.2, -0.15) is 28.1 Å². The fraction of sp³-hybridized carbons (Fsp3) is 0.269. The quantitative estimate of drug-likeness (QED) is 0.158. The van der Waals surface area contributed by atoms with E-state index < -0.39 is 60.6 Å². The molecule has 14 nitrogen and oxygen atoms in total. The van der Waals surface area contributed by atoms with Crippen molar-refractivity contribution in [1.82, 2.24) is 25.6 Å². The molecule has 232 valence electrons. The molecule has 2 aromatic carbocycles. The summed E-state index contributed by atoms with van der Waals surface area (Å²) in [7, 11) is 0. The number of carbonyl (C=O) groups excluding carboxylic acids is 3. The Morgan fingerprint density at radius 3 is 2.20 bits per heavy atom. The van der Waals surface area contributed by atoms with Crippen LogP contribution in [0.15, 0.2) is 48.5 Å². The molecule has 1 aromatic heterocycles. The second-order valence-corrected chi connectivity index (χ2v) is 9.96. The van der Waals surface area contributed by atoms with Crippen molar-refractivity contribution in [2.24, 2.45) is 5.73 Å². The molecule has 0 spiro atoms. The minimum Gasteiger partial charge on any atom is -0.480 e. The van der Waals surface area contributed by atoms with Gasteiger partial charge in [-0.1, -0.05) is 23.7 Å². The fourth-order valence-corrected chi connectivity index (χ4v) is 3.96. The predicted molar refractivity (Wildman–Crippen MR) is 148 cm³/mol. The zero-order chi connectivity index (χ0) is 32.1. The van der Waals surface area contributed by atoms with E-state index in [0.29, 0.717) is 23.6 Å². The molecule has 1 saturated carbocycles.